The van der Waals surface area contributed by atoms with Crippen molar-refractivity contribution in [1.82, 2.24) is 0 Å². The normalized spacial score (nSPS) is 11.7. The molecule has 0 rings (SSSR count). The van der Waals surface area contributed by atoms with Crippen molar-refractivity contribution in [3.63, 3.8) is 0 Å². The number of carboxylic acid groups (broad SMARTS) is 1. The van der Waals surface area contributed by atoms with Crippen molar-refractivity contribution >= 4 is 5.97 Å². The van der Waals surface area contributed by atoms with Crippen molar-refractivity contribution in [2.75, 3.05) is 0 Å². The molecule has 0 unspecified atom stereocenters. The fourth-order valence-electron chi connectivity index (χ4n) is 2.07. The van der Waals surface area contributed by atoms with E-state index in [9.17, 15) is 4.79 Å². The van der Waals surface area contributed by atoms with Crippen LogP contribution in [0.25, 0.3) is 0 Å². The minimum atomic E-state index is -0.715. The summed E-state index contributed by atoms with van der Waals surface area (Å²) in [5.74, 6) is -0.715. The predicted octanol–water partition coefficient (Wildman–Crippen LogP) is 5.88. The average molecular weight is 280 g/mol. The molecule has 0 atom stereocenters. The van der Waals surface area contributed by atoms with Crippen LogP contribution in [0.3, 0.4) is 0 Å². The van der Waals surface area contributed by atoms with Gasteiger partial charge >= 0.3 is 5.97 Å². The van der Waals surface area contributed by atoms with Gasteiger partial charge in [-0.3, -0.25) is 4.79 Å². The Labute approximate surface area is 125 Å². The molecule has 0 heterocycles. The Morgan fingerprint density at radius 1 is 0.750 bits per heavy atom. The van der Waals surface area contributed by atoms with Crippen LogP contribution in [-0.4, -0.2) is 11.1 Å². The molecule has 116 valence electrons. The summed E-state index contributed by atoms with van der Waals surface area (Å²) in [6, 6.07) is 0. The summed E-state index contributed by atoms with van der Waals surface area (Å²) in [4.78, 5) is 10.3. The van der Waals surface area contributed by atoms with E-state index in [2.05, 4.69) is 25.2 Å². The van der Waals surface area contributed by atoms with Crippen molar-refractivity contribution in [2.45, 2.75) is 84.0 Å². The molecule has 0 saturated heterocycles. The predicted molar refractivity (Wildman–Crippen MR) is 87.0 cm³/mol. The Morgan fingerprint density at radius 3 is 1.85 bits per heavy atom. The fraction of sp³-hybridized carbons (Fsp3) is 0.722. The Bertz CT molecular complexity index is 267. The van der Waals surface area contributed by atoms with E-state index in [0.717, 1.165) is 19.3 Å². The number of carbonyl (C=O) groups is 1. The van der Waals surface area contributed by atoms with Crippen LogP contribution in [0.5, 0.6) is 0 Å². The second-order valence-corrected chi connectivity index (χ2v) is 5.36. The summed E-state index contributed by atoms with van der Waals surface area (Å²) < 4.78 is 0. The maximum atomic E-state index is 10.3. The molecule has 0 aliphatic carbocycles. The van der Waals surface area contributed by atoms with Gasteiger partial charge in [0.25, 0.3) is 0 Å². The van der Waals surface area contributed by atoms with E-state index in [1.165, 1.54) is 44.9 Å². The molecule has 20 heavy (non-hydrogen) atoms. The highest BCUT2D eigenvalue weighted by molar-refractivity contribution is 5.66. The largest absolute Gasteiger partial charge is 0.481 e. The van der Waals surface area contributed by atoms with Gasteiger partial charge in [0.1, 0.15) is 0 Å². The zero-order valence-corrected chi connectivity index (χ0v) is 13.2. The molecule has 0 saturated carbocycles. The number of rotatable bonds is 14. The first kappa shape index (κ1) is 18.9. The first-order valence-electron chi connectivity index (χ1n) is 8.29. The van der Waals surface area contributed by atoms with Crippen LogP contribution in [0.1, 0.15) is 84.0 Å². The Balaban J connectivity index is 3.17. The third kappa shape index (κ3) is 16.9. The van der Waals surface area contributed by atoms with Crippen LogP contribution >= 0.6 is 0 Å². The molecule has 2 nitrogen and oxygen atoms in total. The molecule has 0 aliphatic heterocycles. The number of unbranched alkanes of at least 4 members (excludes halogenated alkanes) is 8. The van der Waals surface area contributed by atoms with Crippen LogP contribution in [0.4, 0.5) is 0 Å². The molecule has 0 radical (unpaired) electrons. The number of hydrogen-bond acceptors (Lipinski definition) is 1. The number of carboxylic acids is 1. The van der Waals surface area contributed by atoms with Crippen LogP contribution in [0.15, 0.2) is 24.3 Å². The van der Waals surface area contributed by atoms with Crippen molar-refractivity contribution in [3.8, 4) is 0 Å². The van der Waals surface area contributed by atoms with E-state index in [-0.39, 0.29) is 6.42 Å². The Hall–Kier alpha value is -1.05. The van der Waals surface area contributed by atoms with Gasteiger partial charge in [0.15, 0.2) is 0 Å². The van der Waals surface area contributed by atoms with E-state index in [0.29, 0.717) is 6.42 Å². The smallest absolute Gasteiger partial charge is 0.303 e. The first-order chi connectivity index (χ1) is 9.77. The van der Waals surface area contributed by atoms with Crippen LogP contribution in [0.2, 0.25) is 0 Å². The Kier molecular flexibility index (Phi) is 15.2. The minimum Gasteiger partial charge on any atom is -0.481 e. The summed E-state index contributed by atoms with van der Waals surface area (Å²) >= 11 is 0. The molecule has 0 aromatic rings. The van der Waals surface area contributed by atoms with Gasteiger partial charge in [-0.05, 0) is 38.5 Å². The molecule has 1 N–H and O–H groups in total. The molecule has 0 aromatic heterocycles. The second kappa shape index (κ2) is 16.0. The SMILES string of the molecule is CCCCCCCC/C=C/CCC/C=C/CCC(=O)O. The van der Waals surface area contributed by atoms with Gasteiger partial charge in [-0.1, -0.05) is 63.3 Å². The summed E-state index contributed by atoms with van der Waals surface area (Å²) in [5, 5.41) is 8.47. The lowest BCUT2D eigenvalue weighted by atomic mass is 10.1. The summed E-state index contributed by atoms with van der Waals surface area (Å²) in [6.07, 6.45) is 22.4. The molecule has 2 heteroatoms. The zero-order valence-electron chi connectivity index (χ0n) is 13.2. The highest BCUT2D eigenvalue weighted by Crippen LogP contribution is 2.08. The molecular formula is C18H32O2. The molecule has 0 amide bonds. The summed E-state index contributed by atoms with van der Waals surface area (Å²) in [5.41, 5.74) is 0. The average Bonchev–Trinajstić information content (AvgIpc) is 2.43. The topological polar surface area (TPSA) is 37.3 Å². The molecule has 0 bridgehead atoms. The maximum Gasteiger partial charge on any atom is 0.303 e. The summed E-state index contributed by atoms with van der Waals surface area (Å²) in [7, 11) is 0. The monoisotopic (exact) mass is 280 g/mol. The number of allylic oxidation sites excluding steroid dienone is 4. The molecule has 0 spiro atoms. The highest BCUT2D eigenvalue weighted by atomic mass is 16.4. The van der Waals surface area contributed by atoms with Gasteiger partial charge in [-0.25, -0.2) is 0 Å². The third-order valence-electron chi connectivity index (χ3n) is 3.32. The van der Waals surface area contributed by atoms with E-state index in [1.54, 1.807) is 0 Å². The van der Waals surface area contributed by atoms with Crippen LogP contribution in [0, 0.1) is 0 Å². The van der Waals surface area contributed by atoms with Crippen molar-refractivity contribution in [1.29, 1.82) is 0 Å². The van der Waals surface area contributed by atoms with Crippen molar-refractivity contribution in [2.24, 2.45) is 0 Å². The third-order valence-corrected chi connectivity index (χ3v) is 3.32. The van der Waals surface area contributed by atoms with Gasteiger partial charge in [-0.15, -0.1) is 0 Å². The lowest BCUT2D eigenvalue weighted by molar-refractivity contribution is -0.136. The Morgan fingerprint density at radius 2 is 1.25 bits per heavy atom. The molecular weight excluding hydrogens is 248 g/mol. The first-order valence-corrected chi connectivity index (χ1v) is 8.29. The zero-order chi connectivity index (χ0) is 14.9. The van der Waals surface area contributed by atoms with Crippen molar-refractivity contribution in [3.05, 3.63) is 24.3 Å². The highest BCUT2D eigenvalue weighted by Gasteiger charge is 1.91. The molecule has 0 aliphatic rings. The van der Waals surface area contributed by atoms with E-state index >= 15 is 0 Å². The molecule has 0 fully saturated rings. The minimum absolute atomic E-state index is 0.245. The van der Waals surface area contributed by atoms with Gasteiger partial charge in [0.2, 0.25) is 0 Å². The van der Waals surface area contributed by atoms with Crippen molar-refractivity contribution < 1.29 is 9.90 Å². The summed E-state index contributed by atoms with van der Waals surface area (Å²) in [6.45, 7) is 2.25. The van der Waals surface area contributed by atoms with Gasteiger partial charge in [-0.2, -0.15) is 0 Å². The second-order valence-electron chi connectivity index (χ2n) is 5.36. The van der Waals surface area contributed by atoms with E-state index in [4.69, 9.17) is 5.11 Å². The lowest BCUT2D eigenvalue weighted by Crippen LogP contribution is -1.91. The number of hydrogen-bond donors (Lipinski definition) is 1. The van der Waals surface area contributed by atoms with E-state index in [1.807, 2.05) is 6.08 Å². The van der Waals surface area contributed by atoms with Crippen LogP contribution < -0.4 is 0 Å². The van der Waals surface area contributed by atoms with Crippen LogP contribution in [-0.2, 0) is 4.79 Å². The fourth-order valence-corrected chi connectivity index (χ4v) is 2.07. The van der Waals surface area contributed by atoms with Gasteiger partial charge in [0, 0.05) is 6.42 Å². The maximum absolute atomic E-state index is 10.3. The standard InChI is InChI=1S/C18H32O2/c1-2-3-4-5-6-7-8-9-10-11-12-13-14-15-16-17-18(19)20/h9-10,14-15H,2-8,11-13,16-17H2,1H3,(H,19,20)/b10-9+,15-14+. The van der Waals surface area contributed by atoms with Gasteiger partial charge < -0.3 is 5.11 Å². The van der Waals surface area contributed by atoms with Gasteiger partial charge in [0.05, 0.1) is 0 Å². The lowest BCUT2D eigenvalue weighted by Gasteiger charge is -1.97. The quantitative estimate of drug-likeness (QED) is 0.318. The molecule has 0 aromatic carbocycles. The van der Waals surface area contributed by atoms with E-state index < -0.39 is 5.97 Å². The number of aliphatic carboxylic acids is 1.